The Morgan fingerprint density at radius 1 is 1.35 bits per heavy atom. The van der Waals surface area contributed by atoms with Crippen molar-refractivity contribution in [2.45, 2.75) is 18.9 Å². The number of amides is 1. The van der Waals surface area contributed by atoms with E-state index < -0.39 is 0 Å². The number of anilines is 1. The number of fused-ring (bicyclic) bond motifs is 1. The Morgan fingerprint density at radius 3 is 2.95 bits per heavy atom. The van der Waals surface area contributed by atoms with Gasteiger partial charge in [0.25, 0.3) is 0 Å². The molecule has 2 N–H and O–H groups in total. The van der Waals surface area contributed by atoms with E-state index in [1.807, 2.05) is 24.3 Å². The number of ether oxygens (including phenoxy) is 1. The lowest BCUT2D eigenvalue weighted by molar-refractivity contribution is -0.119. The number of rotatable bonds is 5. The SMILES string of the molecule is COc1cccc2c(NCC(=O)NC3CC3)nccc12. The minimum atomic E-state index is 0.00852. The summed E-state index contributed by atoms with van der Waals surface area (Å²) in [5, 5.41) is 7.97. The van der Waals surface area contributed by atoms with Gasteiger partial charge in [-0.1, -0.05) is 12.1 Å². The van der Waals surface area contributed by atoms with Crippen molar-refractivity contribution >= 4 is 22.5 Å². The van der Waals surface area contributed by atoms with Gasteiger partial charge in [0.05, 0.1) is 13.7 Å². The van der Waals surface area contributed by atoms with Crippen LogP contribution in [-0.2, 0) is 4.79 Å². The summed E-state index contributed by atoms with van der Waals surface area (Å²) in [6, 6.07) is 8.07. The third-order valence-corrected chi connectivity index (χ3v) is 3.34. The molecule has 0 spiro atoms. The first kappa shape index (κ1) is 12.7. The number of benzene rings is 1. The third kappa shape index (κ3) is 2.66. The molecule has 20 heavy (non-hydrogen) atoms. The van der Waals surface area contributed by atoms with Crippen molar-refractivity contribution < 1.29 is 9.53 Å². The van der Waals surface area contributed by atoms with E-state index in [1.54, 1.807) is 13.3 Å². The number of nitrogens with zero attached hydrogens (tertiary/aromatic N) is 1. The zero-order valence-corrected chi connectivity index (χ0v) is 11.3. The summed E-state index contributed by atoms with van der Waals surface area (Å²) in [6.45, 7) is 0.236. The van der Waals surface area contributed by atoms with Crippen LogP contribution in [0.1, 0.15) is 12.8 Å². The zero-order chi connectivity index (χ0) is 13.9. The first-order valence-corrected chi connectivity index (χ1v) is 6.73. The van der Waals surface area contributed by atoms with Gasteiger partial charge in [-0.15, -0.1) is 0 Å². The summed E-state index contributed by atoms with van der Waals surface area (Å²) >= 11 is 0. The molecule has 0 radical (unpaired) electrons. The number of methoxy groups -OCH3 is 1. The number of hydrogen-bond donors (Lipinski definition) is 2. The maximum atomic E-state index is 11.7. The summed E-state index contributed by atoms with van der Waals surface area (Å²) in [4.78, 5) is 16.0. The van der Waals surface area contributed by atoms with E-state index in [-0.39, 0.29) is 12.5 Å². The molecule has 1 amide bonds. The smallest absolute Gasteiger partial charge is 0.239 e. The fourth-order valence-corrected chi connectivity index (χ4v) is 2.17. The Labute approximate surface area is 117 Å². The van der Waals surface area contributed by atoms with E-state index in [1.165, 1.54) is 0 Å². The number of aromatic nitrogens is 1. The van der Waals surface area contributed by atoms with Crippen LogP contribution in [0.3, 0.4) is 0 Å². The van der Waals surface area contributed by atoms with E-state index in [2.05, 4.69) is 15.6 Å². The molecule has 1 aliphatic rings. The van der Waals surface area contributed by atoms with E-state index in [4.69, 9.17) is 4.74 Å². The predicted octanol–water partition coefficient (Wildman–Crippen LogP) is 1.93. The van der Waals surface area contributed by atoms with Gasteiger partial charge in [-0.25, -0.2) is 4.98 Å². The van der Waals surface area contributed by atoms with Crippen LogP contribution in [0, 0.1) is 0 Å². The van der Waals surface area contributed by atoms with Crippen molar-refractivity contribution in [3.63, 3.8) is 0 Å². The second-order valence-corrected chi connectivity index (χ2v) is 4.91. The van der Waals surface area contributed by atoms with Crippen molar-refractivity contribution in [3.8, 4) is 5.75 Å². The van der Waals surface area contributed by atoms with Gasteiger partial charge in [0.2, 0.25) is 5.91 Å². The van der Waals surface area contributed by atoms with Crippen LogP contribution in [-0.4, -0.2) is 30.6 Å². The number of carbonyl (C=O) groups is 1. The highest BCUT2D eigenvalue weighted by Gasteiger charge is 2.22. The van der Waals surface area contributed by atoms with E-state index in [0.717, 1.165) is 29.4 Å². The fraction of sp³-hybridized carbons (Fsp3) is 0.333. The van der Waals surface area contributed by atoms with E-state index in [9.17, 15) is 4.79 Å². The highest BCUT2D eigenvalue weighted by atomic mass is 16.5. The summed E-state index contributed by atoms with van der Waals surface area (Å²) in [5.74, 6) is 1.51. The van der Waals surface area contributed by atoms with Crippen LogP contribution in [0.2, 0.25) is 0 Å². The maximum Gasteiger partial charge on any atom is 0.239 e. The maximum absolute atomic E-state index is 11.7. The third-order valence-electron chi connectivity index (χ3n) is 3.34. The first-order valence-electron chi connectivity index (χ1n) is 6.73. The second kappa shape index (κ2) is 5.36. The van der Waals surface area contributed by atoms with E-state index in [0.29, 0.717) is 11.9 Å². The van der Waals surface area contributed by atoms with Crippen LogP contribution >= 0.6 is 0 Å². The van der Waals surface area contributed by atoms with Crippen molar-refractivity contribution in [1.82, 2.24) is 10.3 Å². The van der Waals surface area contributed by atoms with Crippen molar-refractivity contribution in [2.75, 3.05) is 19.0 Å². The Bertz CT molecular complexity index is 638. The molecule has 1 aliphatic carbocycles. The molecule has 0 unspecified atom stereocenters. The first-order chi connectivity index (χ1) is 9.78. The molecule has 1 fully saturated rings. The predicted molar refractivity (Wildman–Crippen MR) is 77.9 cm³/mol. The monoisotopic (exact) mass is 271 g/mol. The number of hydrogen-bond acceptors (Lipinski definition) is 4. The Hall–Kier alpha value is -2.30. The van der Waals surface area contributed by atoms with Crippen LogP contribution in [0.5, 0.6) is 5.75 Å². The number of pyridine rings is 1. The lowest BCUT2D eigenvalue weighted by atomic mass is 10.1. The quantitative estimate of drug-likeness (QED) is 0.872. The topological polar surface area (TPSA) is 63.2 Å². The van der Waals surface area contributed by atoms with Crippen LogP contribution < -0.4 is 15.4 Å². The van der Waals surface area contributed by atoms with Gasteiger partial charge in [0.15, 0.2) is 0 Å². The molecule has 0 aliphatic heterocycles. The molecule has 0 saturated heterocycles. The average molecular weight is 271 g/mol. The minimum absolute atomic E-state index is 0.00852. The van der Waals surface area contributed by atoms with Gasteiger partial charge in [0.1, 0.15) is 11.6 Å². The molecule has 0 atom stereocenters. The molecule has 1 aromatic carbocycles. The molecular formula is C15H17N3O2. The molecule has 0 bridgehead atoms. The average Bonchev–Trinajstić information content (AvgIpc) is 3.28. The summed E-state index contributed by atoms with van der Waals surface area (Å²) in [6.07, 6.45) is 3.90. The second-order valence-electron chi connectivity index (χ2n) is 4.91. The largest absolute Gasteiger partial charge is 0.496 e. The van der Waals surface area contributed by atoms with E-state index >= 15 is 0 Å². The summed E-state index contributed by atoms with van der Waals surface area (Å²) in [5.41, 5.74) is 0. The molecule has 5 heteroatoms. The molecule has 1 heterocycles. The fourth-order valence-electron chi connectivity index (χ4n) is 2.17. The lowest BCUT2D eigenvalue weighted by Crippen LogP contribution is -2.31. The van der Waals surface area contributed by atoms with Gasteiger partial charge in [0, 0.05) is 23.0 Å². The van der Waals surface area contributed by atoms with Gasteiger partial charge in [-0.3, -0.25) is 4.79 Å². The summed E-state index contributed by atoms with van der Waals surface area (Å²) < 4.78 is 5.33. The Balaban J connectivity index is 1.78. The number of nitrogens with one attached hydrogen (secondary N) is 2. The minimum Gasteiger partial charge on any atom is -0.496 e. The highest BCUT2D eigenvalue weighted by molar-refractivity contribution is 5.96. The lowest BCUT2D eigenvalue weighted by Gasteiger charge is -2.10. The van der Waals surface area contributed by atoms with Crippen LogP contribution in [0.4, 0.5) is 5.82 Å². The standard InChI is InChI=1S/C15H17N3O2/c1-20-13-4-2-3-12-11(13)7-8-16-15(12)17-9-14(19)18-10-5-6-10/h2-4,7-8,10H,5-6,9H2,1H3,(H,16,17)(H,18,19). The molecule has 1 saturated carbocycles. The van der Waals surface area contributed by atoms with Crippen LogP contribution in [0.25, 0.3) is 10.8 Å². The molecule has 2 aromatic rings. The van der Waals surface area contributed by atoms with Gasteiger partial charge < -0.3 is 15.4 Å². The summed E-state index contributed by atoms with van der Waals surface area (Å²) in [7, 11) is 1.64. The highest BCUT2D eigenvalue weighted by Crippen LogP contribution is 2.28. The number of carbonyl (C=O) groups excluding carboxylic acids is 1. The van der Waals surface area contributed by atoms with Crippen molar-refractivity contribution in [1.29, 1.82) is 0 Å². The molecule has 3 rings (SSSR count). The molecular weight excluding hydrogens is 254 g/mol. The van der Waals surface area contributed by atoms with Gasteiger partial charge in [-0.05, 0) is 25.0 Å². The Morgan fingerprint density at radius 2 is 2.20 bits per heavy atom. The zero-order valence-electron chi connectivity index (χ0n) is 11.3. The van der Waals surface area contributed by atoms with Gasteiger partial charge in [-0.2, -0.15) is 0 Å². The Kier molecular flexibility index (Phi) is 3.41. The molecule has 104 valence electrons. The molecule has 5 nitrogen and oxygen atoms in total. The normalized spacial score (nSPS) is 14.1. The van der Waals surface area contributed by atoms with Crippen molar-refractivity contribution in [2.24, 2.45) is 0 Å². The van der Waals surface area contributed by atoms with Crippen molar-refractivity contribution in [3.05, 3.63) is 30.5 Å². The van der Waals surface area contributed by atoms with Gasteiger partial charge >= 0.3 is 0 Å². The molecule has 1 aromatic heterocycles. The van der Waals surface area contributed by atoms with Crippen LogP contribution in [0.15, 0.2) is 30.5 Å².